The number of halogens is 1. The quantitative estimate of drug-likeness (QED) is 0.589. The first kappa shape index (κ1) is 18.7. The number of hydrogen-bond acceptors (Lipinski definition) is 4. The van der Waals surface area contributed by atoms with Crippen molar-refractivity contribution in [3.8, 4) is 0 Å². The molecule has 6 N–H and O–H groups in total. The smallest absolute Gasteiger partial charge is 0.318 e. The molecule has 2 rings (SSSR count). The number of fused-ring (bicyclic) bond motifs is 2. The third-order valence-corrected chi connectivity index (χ3v) is 4.70. The maximum atomic E-state index is 12.2. The molecule has 0 aromatic rings. The number of carbonyl (C=O) groups excluding carboxylic acids is 3. The van der Waals surface area contributed by atoms with Gasteiger partial charge < -0.3 is 16.8 Å². The molecular formula is C14H25ClN4O3. The average molecular weight is 333 g/mol. The zero-order chi connectivity index (χ0) is 15.4. The molecule has 2 aliphatic carbocycles. The molecule has 2 bridgehead atoms. The fourth-order valence-electron chi connectivity index (χ4n) is 3.65. The predicted molar refractivity (Wildman–Crippen MR) is 84.1 cm³/mol. The van der Waals surface area contributed by atoms with Crippen LogP contribution < -0.4 is 22.1 Å². The summed E-state index contributed by atoms with van der Waals surface area (Å²) in [5.41, 5.74) is 11.0. The average Bonchev–Trinajstić information content (AvgIpc) is 2.37. The molecule has 126 valence electrons. The first-order chi connectivity index (χ1) is 9.97. The van der Waals surface area contributed by atoms with Crippen LogP contribution in [-0.4, -0.2) is 30.4 Å². The zero-order valence-electron chi connectivity index (χ0n) is 12.5. The molecule has 8 heteroatoms. The molecule has 0 aliphatic heterocycles. The van der Waals surface area contributed by atoms with Gasteiger partial charge in [-0.1, -0.05) is 6.42 Å². The highest BCUT2D eigenvalue weighted by molar-refractivity contribution is 5.93. The predicted octanol–water partition coefficient (Wildman–Crippen LogP) is 0.263. The van der Waals surface area contributed by atoms with Crippen LogP contribution in [0.2, 0.25) is 0 Å². The first-order valence-electron chi connectivity index (χ1n) is 7.60. The molecule has 0 saturated heterocycles. The van der Waals surface area contributed by atoms with Gasteiger partial charge in [0.1, 0.15) is 0 Å². The Labute approximate surface area is 136 Å². The highest BCUT2D eigenvalue weighted by Crippen LogP contribution is 2.41. The second kappa shape index (κ2) is 8.33. The maximum Gasteiger partial charge on any atom is 0.318 e. The molecule has 2 unspecified atom stereocenters. The Bertz CT molecular complexity index is 418. The summed E-state index contributed by atoms with van der Waals surface area (Å²) in [7, 11) is 0. The van der Waals surface area contributed by atoms with Crippen LogP contribution in [0.4, 0.5) is 4.79 Å². The summed E-state index contributed by atoms with van der Waals surface area (Å²) in [5.74, 6) is 0.410. The third-order valence-electron chi connectivity index (χ3n) is 4.70. The molecule has 2 atom stereocenters. The molecule has 0 aromatic heterocycles. The Kier molecular flexibility index (Phi) is 7.09. The number of nitrogens with two attached hydrogens (primary N) is 2. The number of rotatable bonds is 4. The van der Waals surface area contributed by atoms with E-state index in [2.05, 4.69) is 5.32 Å². The molecule has 22 heavy (non-hydrogen) atoms. The van der Waals surface area contributed by atoms with E-state index in [-0.39, 0.29) is 43.2 Å². The van der Waals surface area contributed by atoms with Gasteiger partial charge in [0.15, 0.2) is 0 Å². The van der Waals surface area contributed by atoms with Crippen molar-refractivity contribution in [2.45, 2.75) is 44.6 Å². The lowest BCUT2D eigenvalue weighted by atomic mass is 9.65. The third kappa shape index (κ3) is 4.84. The molecule has 4 amide bonds. The van der Waals surface area contributed by atoms with E-state index < -0.39 is 11.9 Å². The zero-order valence-corrected chi connectivity index (χ0v) is 13.4. The lowest BCUT2D eigenvalue weighted by Gasteiger charge is -2.43. The fraction of sp³-hybridized carbons (Fsp3) is 0.786. The van der Waals surface area contributed by atoms with Crippen molar-refractivity contribution >= 4 is 30.3 Å². The van der Waals surface area contributed by atoms with E-state index in [9.17, 15) is 14.4 Å². The lowest BCUT2D eigenvalue weighted by Crippen LogP contribution is -2.49. The Morgan fingerprint density at radius 3 is 2.23 bits per heavy atom. The van der Waals surface area contributed by atoms with Gasteiger partial charge in [-0.2, -0.15) is 0 Å². The molecule has 2 fully saturated rings. The summed E-state index contributed by atoms with van der Waals surface area (Å²) in [6.07, 6.45) is 5.18. The molecule has 0 spiro atoms. The Balaban J connectivity index is 0.00000242. The van der Waals surface area contributed by atoms with Gasteiger partial charge in [-0.05, 0) is 37.5 Å². The van der Waals surface area contributed by atoms with Crippen molar-refractivity contribution in [1.82, 2.24) is 10.6 Å². The minimum absolute atomic E-state index is 0. The van der Waals surface area contributed by atoms with Crippen LogP contribution in [0.15, 0.2) is 0 Å². The van der Waals surface area contributed by atoms with E-state index in [0.717, 1.165) is 25.7 Å². The number of urea groups is 1. The van der Waals surface area contributed by atoms with Gasteiger partial charge in [-0.3, -0.25) is 14.9 Å². The number of nitrogens with one attached hydrogen (secondary N) is 2. The number of carbonyl (C=O) groups is 3. The van der Waals surface area contributed by atoms with Crippen LogP contribution in [-0.2, 0) is 9.59 Å². The van der Waals surface area contributed by atoms with Crippen molar-refractivity contribution in [2.75, 3.05) is 6.54 Å². The maximum absolute atomic E-state index is 12.2. The van der Waals surface area contributed by atoms with Crippen molar-refractivity contribution < 1.29 is 14.4 Å². The van der Waals surface area contributed by atoms with E-state index in [1.807, 2.05) is 5.32 Å². The summed E-state index contributed by atoms with van der Waals surface area (Å²) in [6, 6.07) is -0.635. The second-order valence-corrected chi connectivity index (χ2v) is 6.15. The normalized spacial score (nSPS) is 29.9. The van der Waals surface area contributed by atoms with Crippen LogP contribution in [0.5, 0.6) is 0 Å². The minimum atomic E-state index is -0.875. The van der Waals surface area contributed by atoms with Gasteiger partial charge in [-0.25, -0.2) is 4.79 Å². The number of amides is 4. The van der Waals surface area contributed by atoms with Gasteiger partial charge in [0, 0.05) is 24.9 Å². The number of primary amides is 1. The Hall–Kier alpha value is -1.34. The van der Waals surface area contributed by atoms with Gasteiger partial charge in [0.2, 0.25) is 11.8 Å². The van der Waals surface area contributed by atoms with Gasteiger partial charge in [0.25, 0.3) is 0 Å². The monoisotopic (exact) mass is 332 g/mol. The minimum Gasteiger partial charge on any atom is -0.355 e. The molecule has 0 aromatic carbocycles. The molecule has 0 radical (unpaired) electrons. The molecule has 0 heterocycles. The van der Waals surface area contributed by atoms with Crippen LogP contribution in [0.25, 0.3) is 0 Å². The summed E-state index contributed by atoms with van der Waals surface area (Å²) in [4.78, 5) is 33.9. The van der Waals surface area contributed by atoms with Gasteiger partial charge in [-0.15, -0.1) is 12.4 Å². The largest absolute Gasteiger partial charge is 0.355 e. The number of hydrogen-bond donors (Lipinski definition) is 4. The van der Waals surface area contributed by atoms with Crippen LogP contribution in [0.3, 0.4) is 0 Å². The SMILES string of the molecule is Cl.NC(=O)NC(=O)CCNC(=O)C1CC2CCCC(C1)C2N. The van der Waals surface area contributed by atoms with Crippen LogP contribution in [0.1, 0.15) is 38.5 Å². The van der Waals surface area contributed by atoms with Crippen molar-refractivity contribution in [3.63, 3.8) is 0 Å². The van der Waals surface area contributed by atoms with E-state index in [4.69, 9.17) is 11.5 Å². The van der Waals surface area contributed by atoms with Crippen LogP contribution in [0, 0.1) is 17.8 Å². The fourth-order valence-corrected chi connectivity index (χ4v) is 3.65. The summed E-state index contributed by atoms with van der Waals surface area (Å²) in [6.45, 7) is 0.218. The second-order valence-electron chi connectivity index (χ2n) is 6.15. The molecule has 2 saturated carbocycles. The van der Waals surface area contributed by atoms with E-state index in [1.54, 1.807) is 0 Å². The highest BCUT2D eigenvalue weighted by atomic mass is 35.5. The van der Waals surface area contributed by atoms with Crippen molar-refractivity contribution in [1.29, 1.82) is 0 Å². The topological polar surface area (TPSA) is 127 Å². The van der Waals surface area contributed by atoms with Crippen molar-refractivity contribution in [3.05, 3.63) is 0 Å². The summed E-state index contributed by atoms with van der Waals surface area (Å²) in [5, 5.41) is 4.73. The lowest BCUT2D eigenvalue weighted by molar-refractivity contribution is -0.128. The van der Waals surface area contributed by atoms with Crippen molar-refractivity contribution in [2.24, 2.45) is 29.2 Å². The Morgan fingerprint density at radius 1 is 1.09 bits per heavy atom. The first-order valence-corrected chi connectivity index (χ1v) is 7.60. The summed E-state index contributed by atoms with van der Waals surface area (Å²) >= 11 is 0. The number of imide groups is 1. The van der Waals surface area contributed by atoms with Crippen LogP contribution >= 0.6 is 12.4 Å². The standard InChI is InChI=1S/C14H24N4O3.ClH/c15-12-8-2-1-3-9(12)7-10(6-8)13(20)17-5-4-11(19)18-14(16)21;/h8-10,12H,1-7,15H2,(H,17,20)(H3,16,18,19,21);1H. The van der Waals surface area contributed by atoms with E-state index >= 15 is 0 Å². The van der Waals surface area contributed by atoms with Gasteiger partial charge in [0.05, 0.1) is 0 Å². The van der Waals surface area contributed by atoms with E-state index in [0.29, 0.717) is 11.8 Å². The highest BCUT2D eigenvalue weighted by Gasteiger charge is 2.40. The molecular weight excluding hydrogens is 308 g/mol. The summed E-state index contributed by atoms with van der Waals surface area (Å²) < 4.78 is 0. The Morgan fingerprint density at radius 2 is 1.68 bits per heavy atom. The van der Waals surface area contributed by atoms with E-state index in [1.165, 1.54) is 6.42 Å². The molecule has 2 aliphatic rings. The molecule has 7 nitrogen and oxygen atoms in total. The van der Waals surface area contributed by atoms with Gasteiger partial charge >= 0.3 is 6.03 Å².